The molecule has 0 saturated carbocycles. The van der Waals surface area contributed by atoms with E-state index in [4.69, 9.17) is 10.6 Å². The minimum Gasteiger partial charge on any atom is -0.497 e. The predicted octanol–water partition coefficient (Wildman–Crippen LogP) is 0.793. The number of nitrogen functional groups attached to an aromatic ring is 1. The molecule has 0 aromatic heterocycles. The molecule has 0 aliphatic rings. The molecular formula is C8H10N2O2. The fourth-order valence-electron chi connectivity index (χ4n) is 0.890. The molecule has 3 N–H and O–H groups in total. The van der Waals surface area contributed by atoms with E-state index in [0.717, 1.165) is 6.29 Å². The van der Waals surface area contributed by atoms with Crippen molar-refractivity contribution >= 4 is 12.0 Å². The van der Waals surface area contributed by atoms with E-state index in [0.29, 0.717) is 17.0 Å². The van der Waals surface area contributed by atoms with Gasteiger partial charge >= 0.3 is 0 Å². The van der Waals surface area contributed by atoms with E-state index >= 15 is 0 Å². The fourth-order valence-corrected chi connectivity index (χ4v) is 0.890. The quantitative estimate of drug-likeness (QED) is 0.396. The Balaban J connectivity index is 3.10. The van der Waals surface area contributed by atoms with Crippen molar-refractivity contribution in [1.82, 2.24) is 0 Å². The Morgan fingerprint density at radius 1 is 1.58 bits per heavy atom. The molecule has 64 valence electrons. The van der Waals surface area contributed by atoms with Crippen LogP contribution >= 0.6 is 0 Å². The lowest BCUT2D eigenvalue weighted by molar-refractivity contribution is 0.112. The van der Waals surface area contributed by atoms with Gasteiger partial charge in [0.1, 0.15) is 5.75 Å². The lowest BCUT2D eigenvalue weighted by atomic mass is 10.2. The zero-order valence-electron chi connectivity index (χ0n) is 6.70. The normalized spacial score (nSPS) is 9.17. The number of benzene rings is 1. The SMILES string of the molecule is COc1ccc(C=O)c(NN)c1. The number of ether oxygens (including phenoxy) is 1. The number of hydrogen-bond acceptors (Lipinski definition) is 4. The third kappa shape index (κ3) is 1.54. The van der Waals surface area contributed by atoms with E-state index < -0.39 is 0 Å². The van der Waals surface area contributed by atoms with Crippen LogP contribution in [0.25, 0.3) is 0 Å². The summed E-state index contributed by atoms with van der Waals surface area (Å²) in [5.74, 6) is 5.85. The standard InChI is InChI=1S/C8H10N2O2/c1-12-7-3-2-6(5-11)8(4-7)10-9/h2-5,10H,9H2,1H3. The number of nitrogens with one attached hydrogen (secondary N) is 1. The zero-order valence-corrected chi connectivity index (χ0v) is 6.70. The first-order chi connectivity index (χ1) is 5.81. The van der Waals surface area contributed by atoms with Gasteiger partial charge in [0.05, 0.1) is 12.8 Å². The van der Waals surface area contributed by atoms with Crippen molar-refractivity contribution in [3.05, 3.63) is 23.8 Å². The van der Waals surface area contributed by atoms with Gasteiger partial charge in [0, 0.05) is 11.6 Å². The average Bonchev–Trinajstić information content (AvgIpc) is 2.16. The van der Waals surface area contributed by atoms with Gasteiger partial charge in [-0.15, -0.1) is 0 Å². The van der Waals surface area contributed by atoms with Gasteiger partial charge < -0.3 is 10.2 Å². The molecule has 0 saturated heterocycles. The zero-order chi connectivity index (χ0) is 8.97. The van der Waals surface area contributed by atoms with Crippen LogP contribution in [0.15, 0.2) is 18.2 Å². The van der Waals surface area contributed by atoms with E-state index in [1.165, 1.54) is 0 Å². The van der Waals surface area contributed by atoms with Crippen LogP contribution in [0.5, 0.6) is 5.75 Å². The van der Waals surface area contributed by atoms with Crippen LogP contribution in [0, 0.1) is 0 Å². The fraction of sp³-hybridized carbons (Fsp3) is 0.125. The highest BCUT2D eigenvalue weighted by Gasteiger charge is 2.00. The van der Waals surface area contributed by atoms with E-state index in [-0.39, 0.29) is 0 Å². The molecule has 0 amide bonds. The summed E-state index contributed by atoms with van der Waals surface area (Å²) in [6.45, 7) is 0. The van der Waals surface area contributed by atoms with Crippen molar-refractivity contribution in [2.45, 2.75) is 0 Å². The number of carbonyl (C=O) groups is 1. The van der Waals surface area contributed by atoms with E-state index in [9.17, 15) is 4.79 Å². The lowest BCUT2D eigenvalue weighted by Crippen LogP contribution is -2.09. The maximum atomic E-state index is 10.4. The van der Waals surface area contributed by atoms with Crippen LogP contribution in [0.3, 0.4) is 0 Å². The summed E-state index contributed by atoms with van der Waals surface area (Å²) in [4.78, 5) is 10.4. The number of methoxy groups -OCH3 is 1. The molecule has 0 spiro atoms. The van der Waals surface area contributed by atoms with E-state index in [1.54, 1.807) is 25.3 Å². The summed E-state index contributed by atoms with van der Waals surface area (Å²) in [5.41, 5.74) is 3.48. The largest absolute Gasteiger partial charge is 0.497 e. The Kier molecular flexibility index (Phi) is 2.66. The van der Waals surface area contributed by atoms with Crippen molar-refractivity contribution in [3.8, 4) is 5.75 Å². The first-order valence-electron chi connectivity index (χ1n) is 3.41. The first-order valence-corrected chi connectivity index (χ1v) is 3.41. The molecule has 0 atom stereocenters. The maximum Gasteiger partial charge on any atom is 0.152 e. The molecule has 0 aliphatic carbocycles. The lowest BCUT2D eigenvalue weighted by Gasteiger charge is -2.05. The summed E-state index contributed by atoms with van der Waals surface area (Å²) in [5, 5.41) is 0. The monoisotopic (exact) mass is 166 g/mol. The van der Waals surface area contributed by atoms with Crippen molar-refractivity contribution in [2.75, 3.05) is 12.5 Å². The third-order valence-electron chi connectivity index (χ3n) is 1.54. The van der Waals surface area contributed by atoms with Crippen molar-refractivity contribution in [2.24, 2.45) is 5.84 Å². The van der Waals surface area contributed by atoms with Gasteiger partial charge in [0.25, 0.3) is 0 Å². The van der Waals surface area contributed by atoms with Crippen LogP contribution in [0.1, 0.15) is 10.4 Å². The molecular weight excluding hydrogens is 156 g/mol. The number of anilines is 1. The van der Waals surface area contributed by atoms with E-state index in [1.807, 2.05) is 0 Å². The maximum absolute atomic E-state index is 10.4. The third-order valence-corrected chi connectivity index (χ3v) is 1.54. The molecule has 1 aromatic rings. The predicted molar refractivity (Wildman–Crippen MR) is 46.2 cm³/mol. The topological polar surface area (TPSA) is 64.3 Å². The molecule has 1 rings (SSSR count). The molecule has 12 heavy (non-hydrogen) atoms. The minimum atomic E-state index is 0.512. The number of nitrogens with two attached hydrogens (primary N) is 1. The summed E-state index contributed by atoms with van der Waals surface area (Å²) < 4.78 is 4.94. The number of aldehydes is 1. The second-order valence-electron chi connectivity index (χ2n) is 2.22. The Morgan fingerprint density at radius 2 is 2.33 bits per heavy atom. The average molecular weight is 166 g/mol. The van der Waals surface area contributed by atoms with Crippen LogP contribution in [0.2, 0.25) is 0 Å². The molecule has 0 bridgehead atoms. The second kappa shape index (κ2) is 3.73. The van der Waals surface area contributed by atoms with Crippen LogP contribution in [-0.2, 0) is 0 Å². The van der Waals surface area contributed by atoms with Gasteiger partial charge in [-0.05, 0) is 12.1 Å². The van der Waals surface area contributed by atoms with Gasteiger partial charge in [-0.25, -0.2) is 0 Å². The van der Waals surface area contributed by atoms with Gasteiger partial charge in [-0.3, -0.25) is 10.6 Å². The Morgan fingerprint density at radius 3 is 2.83 bits per heavy atom. The number of carbonyl (C=O) groups excluding carboxylic acids is 1. The minimum absolute atomic E-state index is 0.512. The summed E-state index contributed by atoms with van der Waals surface area (Å²) >= 11 is 0. The van der Waals surface area contributed by atoms with Crippen LogP contribution in [-0.4, -0.2) is 13.4 Å². The summed E-state index contributed by atoms with van der Waals surface area (Å²) in [6.07, 6.45) is 0.731. The Bertz CT molecular complexity index is 286. The molecule has 0 unspecified atom stereocenters. The van der Waals surface area contributed by atoms with E-state index in [2.05, 4.69) is 5.43 Å². The molecule has 1 aromatic carbocycles. The van der Waals surface area contributed by atoms with Gasteiger partial charge in [-0.1, -0.05) is 0 Å². The number of hydrazine groups is 1. The molecule has 4 nitrogen and oxygen atoms in total. The molecule has 0 aliphatic heterocycles. The molecule has 0 radical (unpaired) electrons. The summed E-state index contributed by atoms with van der Waals surface area (Å²) in [6, 6.07) is 5.00. The van der Waals surface area contributed by atoms with Gasteiger partial charge in [0.2, 0.25) is 0 Å². The van der Waals surface area contributed by atoms with Crippen LogP contribution in [0.4, 0.5) is 5.69 Å². The molecule has 4 heteroatoms. The highest BCUT2D eigenvalue weighted by Crippen LogP contribution is 2.19. The highest BCUT2D eigenvalue weighted by atomic mass is 16.5. The van der Waals surface area contributed by atoms with Crippen molar-refractivity contribution in [3.63, 3.8) is 0 Å². The smallest absolute Gasteiger partial charge is 0.152 e. The Labute approximate surface area is 70.3 Å². The molecule has 0 heterocycles. The second-order valence-corrected chi connectivity index (χ2v) is 2.22. The summed E-state index contributed by atoms with van der Waals surface area (Å²) in [7, 11) is 1.55. The molecule has 0 fully saturated rings. The number of hydrogen-bond donors (Lipinski definition) is 2. The first kappa shape index (κ1) is 8.55. The number of rotatable bonds is 3. The Hall–Kier alpha value is -1.55. The van der Waals surface area contributed by atoms with Crippen molar-refractivity contribution < 1.29 is 9.53 Å². The van der Waals surface area contributed by atoms with Crippen LogP contribution < -0.4 is 16.0 Å². The van der Waals surface area contributed by atoms with Gasteiger partial charge in [0.15, 0.2) is 6.29 Å². The highest BCUT2D eigenvalue weighted by molar-refractivity contribution is 5.84. The van der Waals surface area contributed by atoms with Crippen molar-refractivity contribution in [1.29, 1.82) is 0 Å². The van der Waals surface area contributed by atoms with Gasteiger partial charge in [-0.2, -0.15) is 0 Å².